The van der Waals surface area contributed by atoms with Crippen LogP contribution in [0.2, 0.25) is 0 Å². The van der Waals surface area contributed by atoms with Gasteiger partial charge in [-0.1, -0.05) is 29.8 Å². The second kappa shape index (κ2) is 9.70. The molecule has 0 spiro atoms. The van der Waals surface area contributed by atoms with Crippen LogP contribution in [0.4, 0.5) is 0 Å². The summed E-state index contributed by atoms with van der Waals surface area (Å²) in [5.41, 5.74) is 2.22. The third kappa shape index (κ3) is 5.42. The molecule has 1 aliphatic heterocycles. The van der Waals surface area contributed by atoms with Crippen LogP contribution < -0.4 is 5.32 Å². The van der Waals surface area contributed by atoms with Gasteiger partial charge >= 0.3 is 0 Å². The zero-order chi connectivity index (χ0) is 19.1. The quantitative estimate of drug-likeness (QED) is 0.785. The van der Waals surface area contributed by atoms with Crippen molar-refractivity contribution >= 4 is 11.8 Å². The maximum absolute atomic E-state index is 12.5. The van der Waals surface area contributed by atoms with Crippen molar-refractivity contribution < 1.29 is 9.59 Å². The van der Waals surface area contributed by atoms with Crippen LogP contribution in [-0.2, 0) is 4.79 Å². The lowest BCUT2D eigenvalue weighted by atomic mass is 9.97. The summed E-state index contributed by atoms with van der Waals surface area (Å²) in [6, 6.07) is 9.25. The molecule has 1 saturated heterocycles. The normalized spacial score (nSPS) is 19.3. The first-order valence-electron chi connectivity index (χ1n) is 10.2. The second-order valence-corrected chi connectivity index (χ2v) is 7.52. The Bertz CT molecular complexity index is 663. The molecule has 2 aliphatic rings. The van der Waals surface area contributed by atoms with E-state index in [1.165, 1.54) is 31.3 Å². The average Bonchev–Trinajstić information content (AvgIpc) is 2.74. The van der Waals surface area contributed by atoms with E-state index in [0.29, 0.717) is 13.1 Å². The van der Waals surface area contributed by atoms with Crippen LogP contribution in [0.15, 0.2) is 42.0 Å². The molecule has 2 amide bonds. The lowest BCUT2D eigenvalue weighted by molar-refractivity contribution is -0.126. The van der Waals surface area contributed by atoms with Crippen molar-refractivity contribution in [3.8, 4) is 0 Å². The highest BCUT2D eigenvalue weighted by Gasteiger charge is 2.27. The molecular formula is C22H31N3O2. The van der Waals surface area contributed by atoms with E-state index in [1.807, 2.05) is 42.2 Å². The Kier molecular flexibility index (Phi) is 7.04. The Morgan fingerprint density at radius 3 is 2.48 bits per heavy atom. The van der Waals surface area contributed by atoms with Crippen LogP contribution >= 0.6 is 0 Å². The Labute approximate surface area is 162 Å². The van der Waals surface area contributed by atoms with E-state index in [-0.39, 0.29) is 17.9 Å². The monoisotopic (exact) mass is 369 g/mol. The second-order valence-electron chi connectivity index (χ2n) is 7.52. The molecule has 146 valence electrons. The molecule has 1 aromatic rings. The highest BCUT2D eigenvalue weighted by molar-refractivity contribution is 5.94. The van der Waals surface area contributed by atoms with Crippen LogP contribution in [0.5, 0.6) is 0 Å². The van der Waals surface area contributed by atoms with Crippen molar-refractivity contribution in [3.05, 3.63) is 47.5 Å². The standard InChI is InChI=1S/C22H31N3O2/c1-18(21(26)23-13-12-19-8-4-2-5-9-19)24-14-16-25(17-15-24)22(27)20-10-6-3-7-11-20/h3,6-8,10-11,18H,2,4-5,9,12-17H2,1H3,(H,23,26)/t18-/m0/s1. The van der Waals surface area contributed by atoms with Crippen LogP contribution in [0.25, 0.3) is 0 Å². The summed E-state index contributed by atoms with van der Waals surface area (Å²) in [5.74, 6) is 0.169. The Morgan fingerprint density at radius 1 is 1.07 bits per heavy atom. The van der Waals surface area contributed by atoms with Gasteiger partial charge in [-0.3, -0.25) is 14.5 Å². The first kappa shape index (κ1) is 19.6. The van der Waals surface area contributed by atoms with Crippen LogP contribution in [0.3, 0.4) is 0 Å². The molecule has 1 atom stereocenters. The largest absolute Gasteiger partial charge is 0.354 e. The molecule has 1 N–H and O–H groups in total. The number of carbonyl (C=O) groups excluding carboxylic acids is 2. The number of piperazine rings is 1. The van der Waals surface area contributed by atoms with Crippen molar-refractivity contribution in [3.63, 3.8) is 0 Å². The topological polar surface area (TPSA) is 52.7 Å². The SMILES string of the molecule is C[C@@H](C(=O)NCCC1=CCCCC1)N1CCN(C(=O)c2ccccc2)CC1. The molecular weight excluding hydrogens is 338 g/mol. The smallest absolute Gasteiger partial charge is 0.253 e. The van der Waals surface area contributed by atoms with Gasteiger partial charge in [-0.05, 0) is 51.2 Å². The summed E-state index contributed by atoms with van der Waals surface area (Å²) >= 11 is 0. The van der Waals surface area contributed by atoms with Gasteiger partial charge < -0.3 is 10.2 Å². The van der Waals surface area contributed by atoms with Gasteiger partial charge in [-0.2, -0.15) is 0 Å². The lowest BCUT2D eigenvalue weighted by Crippen LogP contribution is -2.55. The minimum absolute atomic E-state index is 0.0770. The third-order valence-electron chi connectivity index (χ3n) is 5.68. The predicted molar refractivity (Wildman–Crippen MR) is 108 cm³/mol. The zero-order valence-corrected chi connectivity index (χ0v) is 16.3. The van der Waals surface area contributed by atoms with Crippen LogP contribution in [0, 0.1) is 0 Å². The molecule has 3 rings (SSSR count). The van der Waals surface area contributed by atoms with Gasteiger partial charge in [0, 0.05) is 38.3 Å². The molecule has 0 unspecified atom stereocenters. The van der Waals surface area contributed by atoms with E-state index in [0.717, 1.165) is 31.6 Å². The number of nitrogens with zero attached hydrogens (tertiary/aromatic N) is 2. The molecule has 0 saturated carbocycles. The van der Waals surface area contributed by atoms with Crippen molar-refractivity contribution in [1.29, 1.82) is 0 Å². The van der Waals surface area contributed by atoms with Gasteiger partial charge in [-0.15, -0.1) is 0 Å². The van der Waals surface area contributed by atoms with E-state index in [4.69, 9.17) is 0 Å². The number of rotatable bonds is 6. The average molecular weight is 370 g/mol. The van der Waals surface area contributed by atoms with Gasteiger partial charge in [0.25, 0.3) is 5.91 Å². The number of hydrogen-bond donors (Lipinski definition) is 1. The molecule has 1 heterocycles. The molecule has 0 bridgehead atoms. The molecule has 1 aromatic carbocycles. The van der Waals surface area contributed by atoms with Crippen LogP contribution in [-0.4, -0.2) is 60.4 Å². The predicted octanol–water partition coefficient (Wildman–Crippen LogP) is 2.84. The van der Waals surface area contributed by atoms with Crippen molar-refractivity contribution in [1.82, 2.24) is 15.1 Å². The molecule has 27 heavy (non-hydrogen) atoms. The van der Waals surface area contributed by atoms with Gasteiger partial charge in [0.1, 0.15) is 0 Å². The zero-order valence-electron chi connectivity index (χ0n) is 16.3. The molecule has 0 aromatic heterocycles. The summed E-state index contributed by atoms with van der Waals surface area (Å²) in [6.45, 7) is 5.48. The van der Waals surface area contributed by atoms with Crippen molar-refractivity contribution in [2.45, 2.75) is 45.1 Å². The highest BCUT2D eigenvalue weighted by Crippen LogP contribution is 2.19. The minimum Gasteiger partial charge on any atom is -0.354 e. The fourth-order valence-corrected chi connectivity index (χ4v) is 3.87. The van der Waals surface area contributed by atoms with E-state index in [9.17, 15) is 9.59 Å². The maximum Gasteiger partial charge on any atom is 0.253 e. The van der Waals surface area contributed by atoms with Gasteiger partial charge in [-0.25, -0.2) is 0 Å². The highest BCUT2D eigenvalue weighted by atomic mass is 16.2. The summed E-state index contributed by atoms with van der Waals surface area (Å²) in [7, 11) is 0. The Morgan fingerprint density at radius 2 is 1.81 bits per heavy atom. The lowest BCUT2D eigenvalue weighted by Gasteiger charge is -2.37. The minimum atomic E-state index is -0.153. The van der Waals surface area contributed by atoms with E-state index < -0.39 is 0 Å². The summed E-state index contributed by atoms with van der Waals surface area (Å²) in [6.07, 6.45) is 8.25. The number of amides is 2. The van der Waals surface area contributed by atoms with Gasteiger partial charge in [0.05, 0.1) is 6.04 Å². The number of benzene rings is 1. The maximum atomic E-state index is 12.5. The van der Waals surface area contributed by atoms with E-state index in [2.05, 4.69) is 16.3 Å². The van der Waals surface area contributed by atoms with Gasteiger partial charge in [0.15, 0.2) is 0 Å². The molecule has 5 heteroatoms. The summed E-state index contributed by atoms with van der Waals surface area (Å²) in [4.78, 5) is 29.0. The number of carbonyl (C=O) groups is 2. The summed E-state index contributed by atoms with van der Waals surface area (Å²) < 4.78 is 0. The first-order chi connectivity index (χ1) is 13.1. The fraction of sp³-hybridized carbons (Fsp3) is 0.545. The number of allylic oxidation sites excluding steroid dienone is 1. The van der Waals surface area contributed by atoms with E-state index in [1.54, 1.807) is 0 Å². The Balaban J connectivity index is 1.41. The van der Waals surface area contributed by atoms with Crippen molar-refractivity contribution in [2.24, 2.45) is 0 Å². The first-order valence-corrected chi connectivity index (χ1v) is 10.2. The van der Waals surface area contributed by atoms with E-state index >= 15 is 0 Å². The van der Waals surface area contributed by atoms with Crippen LogP contribution in [0.1, 0.15) is 49.4 Å². The molecule has 5 nitrogen and oxygen atoms in total. The molecule has 0 radical (unpaired) electrons. The summed E-state index contributed by atoms with van der Waals surface area (Å²) in [5, 5.41) is 3.08. The molecule has 1 aliphatic carbocycles. The Hall–Kier alpha value is -2.14. The van der Waals surface area contributed by atoms with Gasteiger partial charge in [0.2, 0.25) is 5.91 Å². The number of nitrogens with one attached hydrogen (secondary N) is 1. The number of hydrogen-bond acceptors (Lipinski definition) is 3. The fourth-order valence-electron chi connectivity index (χ4n) is 3.87. The van der Waals surface area contributed by atoms with Crippen molar-refractivity contribution in [2.75, 3.05) is 32.7 Å². The molecule has 1 fully saturated rings. The third-order valence-corrected chi connectivity index (χ3v) is 5.68.